The molecule has 0 saturated carbocycles. The average Bonchev–Trinajstić information content (AvgIpc) is 3.43. The Hall–Kier alpha value is -2.57. The largest absolute Gasteiger partial charge is 0.497 e. The molecule has 6 heteroatoms. The summed E-state index contributed by atoms with van der Waals surface area (Å²) in [5.74, 6) is 1.86. The fourth-order valence-corrected chi connectivity index (χ4v) is 4.20. The van der Waals surface area contributed by atoms with Crippen molar-refractivity contribution >= 4 is 0 Å². The number of rotatable bonds is 4. The Kier molecular flexibility index (Phi) is 4.02. The number of nitrogens with zero attached hydrogens (tertiary/aromatic N) is 3. The van der Waals surface area contributed by atoms with E-state index in [1.807, 2.05) is 30.7 Å². The third-order valence-electron chi connectivity index (χ3n) is 5.66. The number of imidazole rings is 1. The van der Waals surface area contributed by atoms with E-state index < -0.39 is 0 Å². The number of hydrogen-bond acceptors (Lipinski definition) is 5. The summed E-state index contributed by atoms with van der Waals surface area (Å²) in [6.07, 6.45) is 6.54. The predicted molar refractivity (Wildman–Crippen MR) is 100 cm³/mol. The SMILES string of the molecule is COc1ccc(-c2cnc3n2C[C@@]2(CCN(Cc4ccoc4)C2)OC3)cc1. The predicted octanol–water partition coefficient (Wildman–Crippen LogP) is 3.33. The van der Waals surface area contributed by atoms with Crippen LogP contribution < -0.4 is 4.74 Å². The zero-order valence-electron chi connectivity index (χ0n) is 15.4. The number of methoxy groups -OCH3 is 1. The Labute approximate surface area is 158 Å². The fraction of sp³-hybridized carbons (Fsp3) is 0.381. The Balaban J connectivity index is 1.37. The van der Waals surface area contributed by atoms with Crippen LogP contribution in [-0.4, -0.2) is 40.3 Å². The quantitative estimate of drug-likeness (QED) is 0.710. The molecule has 5 rings (SSSR count). The number of hydrogen-bond donors (Lipinski definition) is 0. The minimum absolute atomic E-state index is 0.140. The van der Waals surface area contributed by atoms with Crippen molar-refractivity contribution in [3.63, 3.8) is 0 Å². The maximum atomic E-state index is 6.32. The molecule has 140 valence electrons. The van der Waals surface area contributed by atoms with Crippen LogP contribution in [0.1, 0.15) is 17.8 Å². The molecule has 1 saturated heterocycles. The first kappa shape index (κ1) is 16.6. The number of ether oxygens (including phenoxy) is 2. The van der Waals surface area contributed by atoms with Gasteiger partial charge in [0.1, 0.15) is 23.8 Å². The third kappa shape index (κ3) is 3.05. The summed E-state index contributed by atoms with van der Waals surface area (Å²) >= 11 is 0. The van der Waals surface area contributed by atoms with E-state index in [1.165, 1.54) is 5.56 Å². The van der Waals surface area contributed by atoms with Crippen LogP contribution in [0.3, 0.4) is 0 Å². The number of likely N-dealkylation sites (tertiary alicyclic amines) is 1. The molecule has 3 aromatic rings. The summed E-state index contributed by atoms with van der Waals surface area (Å²) in [5, 5.41) is 0. The van der Waals surface area contributed by atoms with Crippen molar-refractivity contribution in [2.24, 2.45) is 0 Å². The van der Waals surface area contributed by atoms with Gasteiger partial charge in [0, 0.05) is 30.8 Å². The van der Waals surface area contributed by atoms with Crippen molar-refractivity contribution in [3.05, 3.63) is 60.4 Å². The van der Waals surface area contributed by atoms with E-state index in [0.29, 0.717) is 6.61 Å². The Bertz CT molecular complexity index is 917. The molecule has 1 aromatic carbocycles. The second kappa shape index (κ2) is 6.55. The maximum absolute atomic E-state index is 6.32. The van der Waals surface area contributed by atoms with Gasteiger partial charge in [0.05, 0.1) is 38.1 Å². The van der Waals surface area contributed by atoms with Crippen LogP contribution in [0.15, 0.2) is 53.5 Å². The van der Waals surface area contributed by atoms with E-state index in [-0.39, 0.29) is 5.60 Å². The monoisotopic (exact) mass is 365 g/mol. The maximum Gasteiger partial charge on any atom is 0.135 e. The van der Waals surface area contributed by atoms with Gasteiger partial charge in [0.2, 0.25) is 0 Å². The molecule has 0 aliphatic carbocycles. The van der Waals surface area contributed by atoms with Gasteiger partial charge in [-0.1, -0.05) is 0 Å². The summed E-state index contributed by atoms with van der Waals surface area (Å²) in [6.45, 7) is 4.27. The first-order valence-electron chi connectivity index (χ1n) is 9.31. The highest BCUT2D eigenvalue weighted by atomic mass is 16.5. The highest BCUT2D eigenvalue weighted by molar-refractivity contribution is 5.60. The van der Waals surface area contributed by atoms with E-state index in [9.17, 15) is 0 Å². The molecule has 2 aromatic heterocycles. The Morgan fingerprint density at radius 3 is 2.85 bits per heavy atom. The minimum atomic E-state index is -0.140. The summed E-state index contributed by atoms with van der Waals surface area (Å²) in [4.78, 5) is 7.04. The Morgan fingerprint density at radius 2 is 2.07 bits per heavy atom. The molecule has 4 heterocycles. The lowest BCUT2D eigenvalue weighted by Gasteiger charge is -2.35. The van der Waals surface area contributed by atoms with Crippen LogP contribution in [0.4, 0.5) is 0 Å². The summed E-state index contributed by atoms with van der Waals surface area (Å²) in [6, 6.07) is 10.2. The first-order chi connectivity index (χ1) is 13.2. The fourth-order valence-electron chi connectivity index (χ4n) is 4.20. The summed E-state index contributed by atoms with van der Waals surface area (Å²) in [7, 11) is 1.69. The third-order valence-corrected chi connectivity index (χ3v) is 5.66. The molecule has 1 spiro atoms. The van der Waals surface area contributed by atoms with Crippen LogP contribution in [0.25, 0.3) is 11.3 Å². The first-order valence-corrected chi connectivity index (χ1v) is 9.31. The van der Waals surface area contributed by atoms with Crippen LogP contribution in [-0.2, 0) is 24.4 Å². The smallest absolute Gasteiger partial charge is 0.135 e. The van der Waals surface area contributed by atoms with Crippen LogP contribution in [0.5, 0.6) is 5.75 Å². The molecule has 27 heavy (non-hydrogen) atoms. The lowest BCUT2D eigenvalue weighted by Crippen LogP contribution is -2.44. The lowest BCUT2D eigenvalue weighted by molar-refractivity contribution is -0.0821. The molecular formula is C21H23N3O3. The summed E-state index contributed by atoms with van der Waals surface area (Å²) in [5.41, 5.74) is 3.37. The molecule has 0 N–H and O–H groups in total. The van der Waals surface area contributed by atoms with Gasteiger partial charge in [-0.15, -0.1) is 0 Å². The van der Waals surface area contributed by atoms with Gasteiger partial charge >= 0.3 is 0 Å². The van der Waals surface area contributed by atoms with Crippen molar-refractivity contribution in [1.29, 1.82) is 0 Å². The van der Waals surface area contributed by atoms with E-state index in [0.717, 1.165) is 55.4 Å². The number of benzene rings is 1. The van der Waals surface area contributed by atoms with Crippen molar-refractivity contribution < 1.29 is 13.9 Å². The van der Waals surface area contributed by atoms with Crippen molar-refractivity contribution in [2.45, 2.75) is 31.7 Å². The number of fused-ring (bicyclic) bond motifs is 1. The summed E-state index contributed by atoms with van der Waals surface area (Å²) < 4.78 is 19.1. The van der Waals surface area contributed by atoms with Gasteiger partial charge < -0.3 is 18.5 Å². The molecule has 2 aliphatic rings. The molecule has 1 fully saturated rings. The van der Waals surface area contributed by atoms with Gasteiger partial charge in [-0.05, 0) is 36.8 Å². The second-order valence-electron chi connectivity index (χ2n) is 7.44. The highest BCUT2D eigenvalue weighted by Gasteiger charge is 2.43. The van der Waals surface area contributed by atoms with Crippen molar-refractivity contribution in [3.8, 4) is 17.0 Å². The average molecular weight is 365 g/mol. The van der Waals surface area contributed by atoms with Gasteiger partial charge in [-0.2, -0.15) is 0 Å². The minimum Gasteiger partial charge on any atom is -0.497 e. The standard InChI is InChI=1S/C21H23N3O3/c1-25-18-4-2-17(3-5-18)19-10-22-20-13-27-21(15-24(19)20)7-8-23(14-21)11-16-6-9-26-12-16/h2-6,9-10,12H,7-8,11,13-15H2,1H3/t21-/m0/s1. The molecule has 0 radical (unpaired) electrons. The molecule has 0 bridgehead atoms. The lowest BCUT2D eigenvalue weighted by atomic mass is 10.0. The molecule has 0 amide bonds. The van der Waals surface area contributed by atoms with Gasteiger partial charge in [-0.25, -0.2) is 4.98 Å². The van der Waals surface area contributed by atoms with E-state index in [4.69, 9.17) is 13.9 Å². The zero-order chi connectivity index (χ0) is 18.3. The van der Waals surface area contributed by atoms with E-state index in [2.05, 4.69) is 26.6 Å². The normalized spacial score (nSPS) is 22.3. The van der Waals surface area contributed by atoms with E-state index in [1.54, 1.807) is 13.4 Å². The van der Waals surface area contributed by atoms with Gasteiger partial charge in [0.15, 0.2) is 0 Å². The van der Waals surface area contributed by atoms with Crippen molar-refractivity contribution in [1.82, 2.24) is 14.5 Å². The van der Waals surface area contributed by atoms with Crippen molar-refractivity contribution in [2.75, 3.05) is 20.2 Å². The van der Waals surface area contributed by atoms with Crippen LogP contribution in [0, 0.1) is 0 Å². The number of aromatic nitrogens is 2. The Morgan fingerprint density at radius 1 is 1.19 bits per heavy atom. The zero-order valence-corrected chi connectivity index (χ0v) is 15.4. The molecule has 2 aliphatic heterocycles. The molecular weight excluding hydrogens is 342 g/mol. The molecule has 6 nitrogen and oxygen atoms in total. The number of furan rings is 1. The molecule has 0 unspecified atom stereocenters. The highest BCUT2D eigenvalue weighted by Crippen LogP contribution is 2.35. The van der Waals surface area contributed by atoms with Crippen LogP contribution >= 0.6 is 0 Å². The molecule has 1 atom stereocenters. The second-order valence-corrected chi connectivity index (χ2v) is 7.44. The van der Waals surface area contributed by atoms with Gasteiger partial charge in [0.25, 0.3) is 0 Å². The van der Waals surface area contributed by atoms with E-state index >= 15 is 0 Å². The topological polar surface area (TPSA) is 52.7 Å². The van der Waals surface area contributed by atoms with Crippen LogP contribution in [0.2, 0.25) is 0 Å². The van der Waals surface area contributed by atoms with Gasteiger partial charge in [-0.3, -0.25) is 4.90 Å².